The summed E-state index contributed by atoms with van der Waals surface area (Å²) in [7, 11) is 0. The van der Waals surface area contributed by atoms with E-state index in [1.165, 1.54) is 0 Å². The van der Waals surface area contributed by atoms with Gasteiger partial charge in [-0.1, -0.05) is 69.5 Å². The highest BCUT2D eigenvalue weighted by Crippen LogP contribution is 2.39. The molecule has 1 heterocycles. The van der Waals surface area contributed by atoms with Crippen LogP contribution in [0.1, 0.15) is 24.7 Å². The van der Waals surface area contributed by atoms with Crippen molar-refractivity contribution in [3.8, 4) is 28.3 Å². The van der Waals surface area contributed by atoms with E-state index >= 15 is 0 Å². The summed E-state index contributed by atoms with van der Waals surface area (Å²) < 4.78 is 1.98. The molecule has 0 saturated heterocycles. The van der Waals surface area contributed by atoms with E-state index in [-0.39, 0.29) is 0 Å². The van der Waals surface area contributed by atoms with Crippen LogP contribution < -0.4 is 5.73 Å². The van der Waals surface area contributed by atoms with Gasteiger partial charge in [-0.3, -0.25) is 0 Å². The fourth-order valence-corrected chi connectivity index (χ4v) is 3.53. The van der Waals surface area contributed by atoms with Crippen molar-refractivity contribution >= 4 is 37.5 Å². The van der Waals surface area contributed by atoms with Crippen molar-refractivity contribution in [2.24, 2.45) is 0 Å². The standard InChI is InChI=1S/C21H17Br2N3/c1-2-3-17-19(13-4-8-15(22)9-5-13)21(25)20(18(12-24)26-17)14-6-10-16(23)11-7-14/h4-11H,2-3H2,1H3,(H2,25,26). The Kier molecular flexibility index (Phi) is 5.75. The Labute approximate surface area is 170 Å². The molecule has 2 aromatic carbocycles. The van der Waals surface area contributed by atoms with Crippen LogP contribution in [0.4, 0.5) is 5.69 Å². The summed E-state index contributed by atoms with van der Waals surface area (Å²) in [6, 6.07) is 18.0. The number of pyridine rings is 1. The molecule has 0 spiro atoms. The zero-order chi connectivity index (χ0) is 18.7. The fraction of sp³-hybridized carbons (Fsp3) is 0.143. The van der Waals surface area contributed by atoms with Gasteiger partial charge in [0, 0.05) is 20.1 Å². The molecule has 0 saturated carbocycles. The van der Waals surface area contributed by atoms with E-state index in [1.54, 1.807) is 0 Å². The molecule has 2 N–H and O–H groups in total. The number of hydrogen-bond donors (Lipinski definition) is 1. The van der Waals surface area contributed by atoms with Crippen LogP contribution in [-0.2, 0) is 6.42 Å². The minimum Gasteiger partial charge on any atom is -0.398 e. The maximum atomic E-state index is 9.67. The Morgan fingerprint density at radius 3 is 1.88 bits per heavy atom. The van der Waals surface area contributed by atoms with Crippen molar-refractivity contribution in [3.05, 3.63) is 68.9 Å². The summed E-state index contributed by atoms with van der Waals surface area (Å²) in [4.78, 5) is 4.67. The highest BCUT2D eigenvalue weighted by atomic mass is 79.9. The Hall–Kier alpha value is -2.16. The SMILES string of the molecule is CCCc1nc(C#N)c(-c2ccc(Br)cc2)c(N)c1-c1ccc(Br)cc1. The number of hydrogen-bond acceptors (Lipinski definition) is 3. The van der Waals surface area contributed by atoms with Crippen LogP contribution in [0.15, 0.2) is 57.5 Å². The topological polar surface area (TPSA) is 62.7 Å². The lowest BCUT2D eigenvalue weighted by Crippen LogP contribution is -2.05. The summed E-state index contributed by atoms with van der Waals surface area (Å²) in [5.74, 6) is 0. The van der Waals surface area contributed by atoms with E-state index in [9.17, 15) is 5.26 Å². The van der Waals surface area contributed by atoms with Gasteiger partial charge in [-0.15, -0.1) is 0 Å². The van der Waals surface area contributed by atoms with Gasteiger partial charge in [-0.25, -0.2) is 4.98 Å². The zero-order valence-corrected chi connectivity index (χ0v) is 17.4. The number of nitrogens with two attached hydrogens (primary N) is 1. The van der Waals surface area contributed by atoms with Gasteiger partial charge in [0.15, 0.2) is 5.69 Å². The van der Waals surface area contributed by atoms with Gasteiger partial charge in [0.1, 0.15) is 6.07 Å². The number of nitrogens with zero attached hydrogens (tertiary/aromatic N) is 2. The Morgan fingerprint density at radius 1 is 0.923 bits per heavy atom. The van der Waals surface area contributed by atoms with Gasteiger partial charge in [0.2, 0.25) is 0 Å². The smallest absolute Gasteiger partial charge is 0.150 e. The number of benzene rings is 2. The van der Waals surface area contributed by atoms with Crippen molar-refractivity contribution in [1.82, 2.24) is 4.98 Å². The van der Waals surface area contributed by atoms with Crippen molar-refractivity contribution in [2.75, 3.05) is 5.73 Å². The van der Waals surface area contributed by atoms with Gasteiger partial charge in [-0.2, -0.15) is 5.26 Å². The monoisotopic (exact) mass is 469 g/mol. The van der Waals surface area contributed by atoms with E-state index < -0.39 is 0 Å². The Morgan fingerprint density at radius 2 is 1.42 bits per heavy atom. The largest absolute Gasteiger partial charge is 0.398 e. The van der Waals surface area contributed by atoms with Gasteiger partial charge >= 0.3 is 0 Å². The molecular formula is C21H17Br2N3. The fourth-order valence-electron chi connectivity index (χ4n) is 3.00. The first-order chi connectivity index (χ1) is 12.5. The van der Waals surface area contributed by atoms with Gasteiger partial charge < -0.3 is 5.73 Å². The molecule has 26 heavy (non-hydrogen) atoms. The number of aryl methyl sites for hydroxylation is 1. The van der Waals surface area contributed by atoms with Crippen molar-refractivity contribution in [3.63, 3.8) is 0 Å². The average molecular weight is 471 g/mol. The first kappa shape index (κ1) is 18.6. The zero-order valence-electron chi connectivity index (χ0n) is 14.3. The minimum atomic E-state index is 0.370. The van der Waals surface area contributed by atoms with Crippen LogP contribution in [0.2, 0.25) is 0 Å². The molecule has 0 aliphatic rings. The molecule has 0 fully saturated rings. The summed E-state index contributed by atoms with van der Waals surface area (Å²) >= 11 is 6.92. The lowest BCUT2D eigenvalue weighted by molar-refractivity contribution is 0.883. The molecule has 0 aliphatic heterocycles. The van der Waals surface area contributed by atoms with E-state index in [0.717, 1.165) is 44.2 Å². The molecule has 3 aromatic rings. The number of nitrogen functional groups attached to an aromatic ring is 1. The third-order valence-corrected chi connectivity index (χ3v) is 5.23. The van der Waals surface area contributed by atoms with Crippen molar-refractivity contribution in [2.45, 2.75) is 19.8 Å². The first-order valence-corrected chi connectivity index (χ1v) is 9.88. The van der Waals surface area contributed by atoms with Crippen LogP contribution >= 0.6 is 31.9 Å². The molecule has 130 valence electrons. The van der Waals surface area contributed by atoms with Crippen LogP contribution in [0.25, 0.3) is 22.3 Å². The molecule has 0 bridgehead atoms. The van der Waals surface area contributed by atoms with Crippen LogP contribution in [0, 0.1) is 11.3 Å². The van der Waals surface area contributed by atoms with Crippen molar-refractivity contribution < 1.29 is 0 Å². The predicted molar refractivity (Wildman–Crippen MR) is 114 cm³/mol. The molecule has 3 nitrogen and oxygen atoms in total. The number of halogens is 2. The lowest BCUT2D eigenvalue weighted by Gasteiger charge is -2.17. The van der Waals surface area contributed by atoms with E-state index in [0.29, 0.717) is 16.9 Å². The molecule has 0 atom stereocenters. The molecule has 0 unspecified atom stereocenters. The molecule has 3 rings (SSSR count). The lowest BCUT2D eigenvalue weighted by atomic mass is 9.93. The van der Waals surface area contributed by atoms with E-state index in [1.807, 2.05) is 48.5 Å². The number of nitriles is 1. The molecule has 0 aliphatic carbocycles. The number of anilines is 1. The van der Waals surface area contributed by atoms with Crippen LogP contribution in [0.3, 0.4) is 0 Å². The van der Waals surface area contributed by atoms with Crippen molar-refractivity contribution in [1.29, 1.82) is 5.26 Å². The first-order valence-electron chi connectivity index (χ1n) is 8.29. The highest BCUT2D eigenvalue weighted by Gasteiger charge is 2.20. The van der Waals surface area contributed by atoms with E-state index in [2.05, 4.69) is 49.8 Å². The minimum absolute atomic E-state index is 0.370. The van der Waals surface area contributed by atoms with Crippen LogP contribution in [-0.4, -0.2) is 4.98 Å². The second-order valence-corrected chi connectivity index (χ2v) is 7.78. The summed E-state index contributed by atoms with van der Waals surface area (Å²) in [6.07, 6.45) is 1.70. The summed E-state index contributed by atoms with van der Waals surface area (Å²) in [6.45, 7) is 2.10. The maximum absolute atomic E-state index is 9.67. The van der Waals surface area contributed by atoms with Gasteiger partial charge in [0.25, 0.3) is 0 Å². The van der Waals surface area contributed by atoms with Crippen LogP contribution in [0.5, 0.6) is 0 Å². The Balaban J connectivity index is 2.31. The third-order valence-electron chi connectivity index (χ3n) is 4.17. The Bertz CT molecular complexity index is 972. The number of rotatable bonds is 4. The van der Waals surface area contributed by atoms with E-state index in [4.69, 9.17) is 5.73 Å². The quantitative estimate of drug-likeness (QED) is 0.483. The number of aromatic nitrogens is 1. The average Bonchev–Trinajstić information content (AvgIpc) is 2.64. The maximum Gasteiger partial charge on any atom is 0.150 e. The molecular weight excluding hydrogens is 454 g/mol. The second kappa shape index (κ2) is 8.03. The van der Waals surface area contributed by atoms with Gasteiger partial charge in [-0.05, 0) is 41.8 Å². The normalized spacial score (nSPS) is 10.5. The summed E-state index contributed by atoms with van der Waals surface area (Å²) in [5.41, 5.74) is 11.9. The predicted octanol–water partition coefficient (Wildman–Crippen LogP) is 6.35. The highest BCUT2D eigenvalue weighted by molar-refractivity contribution is 9.10. The second-order valence-electron chi connectivity index (χ2n) is 5.95. The molecule has 0 amide bonds. The molecule has 0 radical (unpaired) electrons. The molecule has 5 heteroatoms. The summed E-state index contributed by atoms with van der Waals surface area (Å²) in [5, 5.41) is 9.67. The molecule has 1 aromatic heterocycles. The van der Waals surface area contributed by atoms with Gasteiger partial charge in [0.05, 0.1) is 11.4 Å². The third kappa shape index (κ3) is 3.67.